The number of alkyl halides is 3. The first-order valence-electron chi connectivity index (χ1n) is 8.07. The number of nitrogens with one attached hydrogen (secondary N) is 1. The van der Waals surface area contributed by atoms with Gasteiger partial charge in [-0.25, -0.2) is 4.98 Å². The van der Waals surface area contributed by atoms with Gasteiger partial charge in [-0.3, -0.25) is 9.59 Å². The molecule has 2 heterocycles. The second kappa shape index (κ2) is 8.11. The number of rotatable bonds is 5. The number of amides is 1. The van der Waals surface area contributed by atoms with Crippen molar-refractivity contribution in [3.05, 3.63) is 22.8 Å². The highest BCUT2D eigenvalue weighted by atomic mass is 35.5. The maximum absolute atomic E-state index is 12.7. The predicted molar refractivity (Wildman–Crippen MR) is 89.0 cm³/mol. The molecule has 144 valence electrons. The lowest BCUT2D eigenvalue weighted by atomic mass is 9.95. The number of carboxylic acids is 1. The number of hydrogen-bond acceptors (Lipinski definition) is 4. The van der Waals surface area contributed by atoms with Gasteiger partial charge in [-0.05, 0) is 25.8 Å². The molecule has 0 bridgehead atoms. The Morgan fingerprint density at radius 3 is 2.54 bits per heavy atom. The summed E-state index contributed by atoms with van der Waals surface area (Å²) in [5.74, 6) is -1.23. The first kappa shape index (κ1) is 20.3. The van der Waals surface area contributed by atoms with Crippen molar-refractivity contribution in [1.29, 1.82) is 0 Å². The van der Waals surface area contributed by atoms with Crippen LogP contribution in [0.25, 0.3) is 0 Å². The van der Waals surface area contributed by atoms with Crippen LogP contribution in [0.5, 0.6) is 0 Å². The number of halogens is 4. The lowest BCUT2D eigenvalue weighted by Gasteiger charge is -2.33. The van der Waals surface area contributed by atoms with Gasteiger partial charge in [-0.2, -0.15) is 13.2 Å². The Hall–Kier alpha value is -2.03. The van der Waals surface area contributed by atoms with E-state index >= 15 is 0 Å². The summed E-state index contributed by atoms with van der Waals surface area (Å²) in [7, 11) is 0. The SMILES string of the molecule is CC(CC(=O)O)NC(=O)C1CCN(c2ncc(C(F)(F)F)cc2Cl)CC1. The second-order valence-electron chi connectivity index (χ2n) is 6.30. The van der Waals surface area contributed by atoms with Crippen LogP contribution in [0.1, 0.15) is 31.7 Å². The summed E-state index contributed by atoms with van der Waals surface area (Å²) in [4.78, 5) is 28.4. The fraction of sp³-hybridized carbons (Fsp3) is 0.562. The Bertz CT molecular complexity index is 676. The van der Waals surface area contributed by atoms with E-state index in [2.05, 4.69) is 10.3 Å². The summed E-state index contributed by atoms with van der Waals surface area (Å²) in [5, 5.41) is 11.3. The molecule has 2 N–H and O–H groups in total. The van der Waals surface area contributed by atoms with Gasteiger partial charge >= 0.3 is 12.1 Å². The molecule has 1 saturated heterocycles. The fourth-order valence-corrected chi connectivity index (χ4v) is 3.13. The molecule has 6 nitrogen and oxygen atoms in total. The highest BCUT2D eigenvalue weighted by Crippen LogP contribution is 2.34. The van der Waals surface area contributed by atoms with Gasteiger partial charge in [0.25, 0.3) is 0 Å². The molecule has 1 aromatic rings. The zero-order valence-corrected chi connectivity index (χ0v) is 14.8. The number of nitrogens with zero attached hydrogens (tertiary/aromatic N) is 2. The summed E-state index contributed by atoms with van der Waals surface area (Å²) in [6, 6.07) is 0.375. The van der Waals surface area contributed by atoms with Gasteiger partial charge in [0, 0.05) is 31.2 Å². The van der Waals surface area contributed by atoms with E-state index in [1.165, 1.54) is 0 Å². The van der Waals surface area contributed by atoms with Crippen LogP contribution in [0.4, 0.5) is 19.0 Å². The highest BCUT2D eigenvalue weighted by molar-refractivity contribution is 6.33. The van der Waals surface area contributed by atoms with E-state index in [0.717, 1.165) is 12.3 Å². The minimum atomic E-state index is -4.51. The number of piperidine rings is 1. The molecule has 26 heavy (non-hydrogen) atoms. The number of carbonyl (C=O) groups is 2. The Kier molecular flexibility index (Phi) is 6.33. The van der Waals surface area contributed by atoms with E-state index in [1.54, 1.807) is 11.8 Å². The van der Waals surface area contributed by atoms with Crippen molar-refractivity contribution in [3.8, 4) is 0 Å². The zero-order valence-electron chi connectivity index (χ0n) is 14.0. The molecule has 2 rings (SSSR count). The zero-order chi connectivity index (χ0) is 19.5. The molecular weight excluding hydrogens is 375 g/mol. The van der Waals surface area contributed by atoms with Crippen LogP contribution in [-0.4, -0.2) is 41.1 Å². The molecule has 0 spiro atoms. The van der Waals surface area contributed by atoms with E-state index < -0.39 is 23.8 Å². The van der Waals surface area contributed by atoms with Gasteiger partial charge in [-0.15, -0.1) is 0 Å². The lowest BCUT2D eigenvalue weighted by molar-refractivity contribution is -0.138. The van der Waals surface area contributed by atoms with Crippen molar-refractivity contribution in [3.63, 3.8) is 0 Å². The van der Waals surface area contributed by atoms with Crippen LogP contribution in [0, 0.1) is 5.92 Å². The third-order valence-corrected chi connectivity index (χ3v) is 4.46. The van der Waals surface area contributed by atoms with Gasteiger partial charge in [0.1, 0.15) is 5.82 Å². The predicted octanol–water partition coefficient (Wildman–Crippen LogP) is 2.95. The number of pyridine rings is 1. The van der Waals surface area contributed by atoms with E-state index in [9.17, 15) is 22.8 Å². The van der Waals surface area contributed by atoms with Crippen molar-refractivity contribution in [2.24, 2.45) is 5.92 Å². The monoisotopic (exact) mass is 393 g/mol. The molecule has 1 aromatic heterocycles. The van der Waals surface area contributed by atoms with Crippen molar-refractivity contribution >= 4 is 29.3 Å². The number of aliphatic carboxylic acids is 1. The largest absolute Gasteiger partial charge is 0.481 e. The molecule has 10 heteroatoms. The number of aromatic nitrogens is 1. The summed E-state index contributed by atoms with van der Waals surface area (Å²) in [6.45, 7) is 2.46. The van der Waals surface area contributed by atoms with Gasteiger partial charge in [0.2, 0.25) is 5.91 Å². The van der Waals surface area contributed by atoms with Crippen LogP contribution in [0.2, 0.25) is 5.02 Å². The molecule has 1 fully saturated rings. The Balaban J connectivity index is 1.94. The van der Waals surface area contributed by atoms with Crippen molar-refractivity contribution in [2.75, 3.05) is 18.0 Å². The first-order chi connectivity index (χ1) is 12.1. The molecule has 0 saturated carbocycles. The van der Waals surface area contributed by atoms with Gasteiger partial charge in [-0.1, -0.05) is 11.6 Å². The van der Waals surface area contributed by atoms with Gasteiger partial charge < -0.3 is 15.3 Å². The van der Waals surface area contributed by atoms with Crippen LogP contribution in [0.15, 0.2) is 12.3 Å². The van der Waals surface area contributed by atoms with Crippen molar-refractivity contribution < 1.29 is 27.9 Å². The number of carboxylic acid groups (broad SMARTS) is 1. The number of carbonyl (C=O) groups excluding carboxylic acids is 1. The smallest absolute Gasteiger partial charge is 0.417 e. The maximum Gasteiger partial charge on any atom is 0.417 e. The summed E-state index contributed by atoms with van der Waals surface area (Å²) < 4.78 is 38.0. The van der Waals surface area contributed by atoms with E-state index in [-0.39, 0.29) is 29.1 Å². The third kappa shape index (κ3) is 5.23. The molecule has 1 atom stereocenters. The summed E-state index contributed by atoms with van der Waals surface area (Å²) in [6.07, 6.45) is -2.97. The van der Waals surface area contributed by atoms with Gasteiger partial charge in [0.15, 0.2) is 0 Å². The summed E-state index contributed by atoms with van der Waals surface area (Å²) in [5.41, 5.74) is -0.909. The number of hydrogen-bond donors (Lipinski definition) is 2. The van der Waals surface area contributed by atoms with Crippen molar-refractivity contribution in [1.82, 2.24) is 10.3 Å². The standard InChI is InChI=1S/C16H19ClF3N3O3/c1-9(6-13(24)25)22-15(26)10-2-4-23(5-3-10)14-12(17)7-11(8-21-14)16(18,19)20/h7-10H,2-6H2,1H3,(H,22,26)(H,24,25). The normalized spacial score (nSPS) is 17.0. The second-order valence-corrected chi connectivity index (χ2v) is 6.70. The molecule has 0 radical (unpaired) electrons. The molecule has 1 aliphatic heterocycles. The highest BCUT2D eigenvalue weighted by Gasteiger charge is 2.33. The quantitative estimate of drug-likeness (QED) is 0.803. The Morgan fingerprint density at radius 2 is 2.04 bits per heavy atom. The van der Waals surface area contributed by atoms with Crippen LogP contribution in [-0.2, 0) is 15.8 Å². The molecule has 1 aliphatic rings. The van der Waals surface area contributed by atoms with Crippen LogP contribution < -0.4 is 10.2 Å². The van der Waals surface area contributed by atoms with E-state index in [0.29, 0.717) is 25.9 Å². The van der Waals surface area contributed by atoms with Crippen molar-refractivity contribution in [2.45, 2.75) is 38.4 Å². The fourth-order valence-electron chi connectivity index (χ4n) is 2.85. The molecule has 0 aromatic carbocycles. The first-order valence-corrected chi connectivity index (χ1v) is 8.45. The Morgan fingerprint density at radius 1 is 1.42 bits per heavy atom. The number of anilines is 1. The van der Waals surface area contributed by atoms with E-state index in [1.807, 2.05) is 0 Å². The minimum Gasteiger partial charge on any atom is -0.481 e. The molecule has 1 amide bonds. The van der Waals surface area contributed by atoms with Crippen LogP contribution in [0.3, 0.4) is 0 Å². The van der Waals surface area contributed by atoms with Gasteiger partial charge in [0.05, 0.1) is 17.0 Å². The topological polar surface area (TPSA) is 82.5 Å². The average Bonchev–Trinajstić information content (AvgIpc) is 2.53. The maximum atomic E-state index is 12.7. The minimum absolute atomic E-state index is 0.0854. The molecule has 1 unspecified atom stereocenters. The molecular formula is C16H19ClF3N3O3. The molecule has 0 aliphatic carbocycles. The lowest BCUT2D eigenvalue weighted by Crippen LogP contribution is -2.43. The average molecular weight is 394 g/mol. The summed E-state index contributed by atoms with van der Waals surface area (Å²) >= 11 is 5.95. The van der Waals surface area contributed by atoms with Crippen LogP contribution >= 0.6 is 11.6 Å². The Labute approximate surface area is 153 Å². The third-order valence-electron chi connectivity index (χ3n) is 4.18. The van der Waals surface area contributed by atoms with E-state index in [4.69, 9.17) is 16.7 Å².